The number of hydrogen-bond donors (Lipinski definition) is 2. The molecule has 5 aliphatic heterocycles. The van der Waals surface area contributed by atoms with Crippen LogP contribution in [0.3, 0.4) is 0 Å². The third-order valence-electron chi connectivity index (χ3n) is 12.5. The second kappa shape index (κ2) is 14.8. The van der Waals surface area contributed by atoms with Gasteiger partial charge in [-0.15, -0.1) is 0 Å². The molecule has 0 fully saturated rings. The standard InChI is InChI=1S/C44H45F4N3O9S2/c1-22(52)10-7-13-49(6)42(53)33-32(34(45)36(47)37(48)35(33)46)31-29-16-27-23(20-61(54,55)56)18-43(2,3)50-14-8-11-25(38(27)50)40(29)60-41-26-12-9-15-51-39(26)28(17-30(31)41)24(19-44(51,4)5)21-62(57,58)59/h16-19H,7-15,20-21H2,1-6H3,(H-,54,55,56,57,58,59)/p+1. The number of anilines is 1. The van der Waals surface area contributed by atoms with Gasteiger partial charge in [-0.25, -0.2) is 22.1 Å². The molecule has 1 amide bonds. The van der Waals surface area contributed by atoms with E-state index in [0.717, 1.165) is 4.90 Å². The van der Waals surface area contributed by atoms with Crippen LogP contribution in [0, 0.1) is 23.3 Å². The fourth-order valence-electron chi connectivity index (χ4n) is 10.0. The van der Waals surface area contributed by atoms with Crippen molar-refractivity contribution in [3.63, 3.8) is 0 Å². The molecule has 330 valence electrons. The molecular formula is C44H46F4N3O9S2+. The molecule has 0 atom stereocenters. The molecule has 5 heterocycles. The molecule has 0 bridgehead atoms. The molecule has 0 saturated heterocycles. The number of benzene rings is 3. The summed E-state index contributed by atoms with van der Waals surface area (Å²) in [5, 5.41) is 0.526. The van der Waals surface area contributed by atoms with Gasteiger partial charge in [-0.05, 0) is 75.8 Å². The zero-order valence-corrected chi connectivity index (χ0v) is 36.6. The lowest BCUT2D eigenvalue weighted by molar-refractivity contribution is -0.117. The van der Waals surface area contributed by atoms with Gasteiger partial charge >= 0.3 is 0 Å². The number of fused-ring (bicyclic) bond motifs is 4. The van der Waals surface area contributed by atoms with Crippen molar-refractivity contribution in [3.05, 3.63) is 97.1 Å². The Bertz CT molecular complexity index is 3000. The average Bonchev–Trinajstić information content (AvgIpc) is 3.16. The second-order valence-electron chi connectivity index (χ2n) is 17.9. The summed E-state index contributed by atoms with van der Waals surface area (Å²) >= 11 is 0. The lowest BCUT2D eigenvalue weighted by atomic mass is 9.78. The Balaban J connectivity index is 1.57. The first-order chi connectivity index (χ1) is 28.8. The van der Waals surface area contributed by atoms with Gasteiger partial charge in [0.1, 0.15) is 35.3 Å². The highest BCUT2D eigenvalue weighted by Gasteiger charge is 2.45. The quantitative estimate of drug-likeness (QED) is 0.0698. The van der Waals surface area contributed by atoms with Gasteiger partial charge in [0.2, 0.25) is 5.36 Å². The van der Waals surface area contributed by atoms with E-state index in [0.29, 0.717) is 60.9 Å². The predicted octanol–water partition coefficient (Wildman–Crippen LogP) is 5.35. The number of Topliss-reactive ketones (excluding diaryl/α,β-unsaturated/α-hetero) is 1. The van der Waals surface area contributed by atoms with E-state index in [1.54, 1.807) is 12.2 Å². The average molecular weight is 901 g/mol. The summed E-state index contributed by atoms with van der Waals surface area (Å²) in [6, 6.07) is 2.91. The molecule has 3 aromatic carbocycles. The molecule has 0 aromatic heterocycles. The van der Waals surface area contributed by atoms with Crippen molar-refractivity contribution in [2.24, 2.45) is 0 Å². The zero-order chi connectivity index (χ0) is 45.2. The van der Waals surface area contributed by atoms with Gasteiger partial charge in [0.15, 0.2) is 28.8 Å². The van der Waals surface area contributed by atoms with Crippen molar-refractivity contribution in [2.75, 3.05) is 43.1 Å². The normalized spacial score (nSPS) is 18.2. The molecule has 0 saturated carbocycles. The Morgan fingerprint density at radius 2 is 1.47 bits per heavy atom. The van der Waals surface area contributed by atoms with Gasteiger partial charge in [-0.1, -0.05) is 6.08 Å². The Kier molecular flexibility index (Phi) is 10.5. The monoisotopic (exact) mass is 900 g/mol. The first kappa shape index (κ1) is 43.7. The smallest absolute Gasteiger partial charge is 0.269 e. The summed E-state index contributed by atoms with van der Waals surface area (Å²) in [4.78, 5) is 29.2. The van der Waals surface area contributed by atoms with Crippen LogP contribution in [0.4, 0.5) is 23.2 Å². The van der Waals surface area contributed by atoms with E-state index in [4.69, 9.17) is 4.74 Å². The van der Waals surface area contributed by atoms with Crippen molar-refractivity contribution < 1.29 is 57.8 Å². The molecule has 2 N–H and O–H groups in total. The lowest BCUT2D eigenvalue weighted by Gasteiger charge is -2.47. The number of carbonyl (C=O) groups is 2. The van der Waals surface area contributed by atoms with Gasteiger partial charge < -0.3 is 19.3 Å². The number of ketones is 1. The minimum atomic E-state index is -4.66. The SMILES string of the molecule is CC(=O)CCCN(C)C(=O)c1c(F)c(F)c(F)c(F)c1C1=c2cc3c4c(c2Oc2c1cc1c5c2CCCN5C(C)(C)C=C1CS(=O)(=O)O)CCC[N+]=4C(C)(C)C=C3CS(=O)(=O)O. The van der Waals surface area contributed by atoms with E-state index in [9.17, 15) is 35.5 Å². The molecule has 8 rings (SSSR count). The predicted molar refractivity (Wildman–Crippen MR) is 224 cm³/mol. The molecule has 18 heteroatoms. The third kappa shape index (κ3) is 7.25. The Morgan fingerprint density at radius 1 is 0.839 bits per heavy atom. The first-order valence-corrected chi connectivity index (χ1v) is 23.5. The highest BCUT2D eigenvalue weighted by Crippen LogP contribution is 2.53. The maximum absolute atomic E-state index is 17.1. The number of hydrogen-bond acceptors (Lipinski definition) is 8. The van der Waals surface area contributed by atoms with Crippen LogP contribution in [0.5, 0.6) is 11.5 Å². The second-order valence-corrected chi connectivity index (χ2v) is 20.8. The van der Waals surface area contributed by atoms with Crippen LogP contribution >= 0.6 is 0 Å². The number of amides is 1. The number of carbonyl (C=O) groups excluding carboxylic acids is 2. The lowest BCUT2D eigenvalue weighted by Crippen LogP contribution is -2.53. The van der Waals surface area contributed by atoms with Crippen LogP contribution in [0.15, 0.2) is 24.3 Å². The number of ether oxygens (including phenoxy) is 1. The van der Waals surface area contributed by atoms with Crippen molar-refractivity contribution in [1.82, 2.24) is 9.48 Å². The van der Waals surface area contributed by atoms with Crippen LogP contribution < -0.4 is 24.8 Å². The summed E-state index contributed by atoms with van der Waals surface area (Å²) < 4.78 is 145. The summed E-state index contributed by atoms with van der Waals surface area (Å²) in [7, 11) is -8.08. The summed E-state index contributed by atoms with van der Waals surface area (Å²) in [6.07, 6.45) is 5.29. The van der Waals surface area contributed by atoms with E-state index < -0.39 is 83.1 Å². The summed E-state index contributed by atoms with van der Waals surface area (Å²) in [5.41, 5.74) is -1.57. The molecule has 12 nitrogen and oxygen atoms in total. The Labute approximate surface area is 356 Å². The van der Waals surface area contributed by atoms with E-state index >= 15 is 17.6 Å². The van der Waals surface area contributed by atoms with Gasteiger partial charge in [-0.3, -0.25) is 13.9 Å². The zero-order valence-electron chi connectivity index (χ0n) is 35.0. The minimum absolute atomic E-state index is 0.0385. The molecule has 0 radical (unpaired) electrons. The fraction of sp³-hybridized carbons (Fsp3) is 0.432. The van der Waals surface area contributed by atoms with Gasteiger partial charge in [0, 0.05) is 79.9 Å². The number of halogens is 4. The molecule has 0 unspecified atom stereocenters. The molecule has 5 aliphatic rings. The van der Waals surface area contributed by atoms with Crippen molar-refractivity contribution in [1.29, 1.82) is 0 Å². The fourth-order valence-corrected chi connectivity index (χ4v) is 11.3. The molecule has 0 aliphatic carbocycles. The summed E-state index contributed by atoms with van der Waals surface area (Å²) in [6.45, 7) is 9.73. The molecule has 0 spiro atoms. The van der Waals surface area contributed by atoms with Crippen LogP contribution in [0.1, 0.15) is 104 Å². The Hall–Kier alpha value is -4.91. The molecule has 62 heavy (non-hydrogen) atoms. The summed E-state index contributed by atoms with van der Waals surface area (Å²) in [5.74, 6) is -11.2. The van der Waals surface area contributed by atoms with Crippen molar-refractivity contribution in [2.45, 2.75) is 84.2 Å². The minimum Gasteiger partial charge on any atom is -0.455 e. The largest absolute Gasteiger partial charge is 0.455 e. The van der Waals surface area contributed by atoms with Crippen molar-refractivity contribution >= 4 is 54.3 Å². The molecule has 3 aromatic rings. The number of rotatable bonds is 10. The van der Waals surface area contributed by atoms with Crippen molar-refractivity contribution in [3.8, 4) is 11.5 Å². The number of nitrogens with zero attached hydrogens (tertiary/aromatic N) is 3. The third-order valence-corrected chi connectivity index (χ3v) is 13.9. The van der Waals surface area contributed by atoms with E-state index in [2.05, 4.69) is 0 Å². The van der Waals surface area contributed by atoms with E-state index in [1.807, 2.05) is 37.2 Å². The maximum atomic E-state index is 17.1. The van der Waals surface area contributed by atoms with Crippen LogP contribution in [-0.4, -0.2) is 91.8 Å². The van der Waals surface area contributed by atoms with E-state index in [1.165, 1.54) is 26.1 Å². The maximum Gasteiger partial charge on any atom is 0.269 e. The van der Waals surface area contributed by atoms with Crippen LogP contribution in [0.25, 0.3) is 16.7 Å². The van der Waals surface area contributed by atoms with Gasteiger partial charge in [0.25, 0.3) is 26.1 Å². The van der Waals surface area contributed by atoms with Gasteiger partial charge in [0.05, 0.1) is 27.9 Å². The highest BCUT2D eigenvalue weighted by atomic mass is 32.2. The Morgan fingerprint density at radius 3 is 2.11 bits per heavy atom. The first-order valence-electron chi connectivity index (χ1n) is 20.3. The molecular weight excluding hydrogens is 855 g/mol. The van der Waals surface area contributed by atoms with Gasteiger partial charge in [-0.2, -0.15) is 16.8 Å². The topological polar surface area (TPSA) is 162 Å². The van der Waals surface area contributed by atoms with Crippen LogP contribution in [-0.2, 0) is 37.9 Å². The van der Waals surface area contributed by atoms with Crippen LogP contribution in [0.2, 0.25) is 0 Å². The van der Waals surface area contributed by atoms with E-state index in [-0.39, 0.29) is 75.3 Å². The highest BCUT2D eigenvalue weighted by molar-refractivity contribution is 7.86.